The average molecular weight is 218 g/mol. The van der Waals surface area contributed by atoms with E-state index in [1.54, 1.807) is 0 Å². The van der Waals surface area contributed by atoms with Gasteiger partial charge in [0, 0.05) is 12.2 Å². The molecule has 3 nitrogen and oxygen atoms in total. The molecule has 1 fully saturated rings. The number of ketones is 1. The molecule has 0 bridgehead atoms. The van der Waals surface area contributed by atoms with E-state index >= 15 is 0 Å². The first-order valence-electron chi connectivity index (χ1n) is 5.01. The average Bonchev–Trinajstić information content (AvgIpc) is 2.52. The van der Waals surface area contributed by atoms with Gasteiger partial charge in [0.25, 0.3) is 0 Å². The third-order valence-corrected chi connectivity index (χ3v) is 5.30. The SMILES string of the molecule is CC(C)(C(=O)C1CCCC1)S(C)(=O)=O. The third-order valence-electron chi connectivity index (χ3n) is 3.25. The van der Waals surface area contributed by atoms with Crippen LogP contribution in [0.4, 0.5) is 0 Å². The fraction of sp³-hybridized carbons (Fsp3) is 0.900. The summed E-state index contributed by atoms with van der Waals surface area (Å²) in [5.74, 6) is -0.128. The Morgan fingerprint density at radius 2 is 1.64 bits per heavy atom. The summed E-state index contributed by atoms with van der Waals surface area (Å²) in [7, 11) is -3.29. The first kappa shape index (κ1) is 11.7. The molecule has 1 rings (SSSR count). The van der Waals surface area contributed by atoms with Crippen molar-refractivity contribution in [2.24, 2.45) is 5.92 Å². The number of carbonyl (C=O) groups excluding carboxylic acids is 1. The van der Waals surface area contributed by atoms with Gasteiger partial charge in [-0.05, 0) is 26.7 Å². The lowest BCUT2D eigenvalue weighted by molar-refractivity contribution is -0.124. The molecule has 0 atom stereocenters. The topological polar surface area (TPSA) is 51.2 Å². The summed E-state index contributed by atoms with van der Waals surface area (Å²) in [6.07, 6.45) is 4.96. The largest absolute Gasteiger partial charge is 0.298 e. The fourth-order valence-corrected chi connectivity index (χ4v) is 2.39. The maximum absolute atomic E-state index is 11.9. The second-order valence-electron chi connectivity index (χ2n) is 4.63. The van der Waals surface area contributed by atoms with Gasteiger partial charge in [-0.1, -0.05) is 12.8 Å². The van der Waals surface area contributed by atoms with Gasteiger partial charge in [-0.2, -0.15) is 0 Å². The van der Waals surface area contributed by atoms with Gasteiger partial charge < -0.3 is 0 Å². The summed E-state index contributed by atoms with van der Waals surface area (Å²) in [5.41, 5.74) is 0. The maximum Gasteiger partial charge on any atom is 0.159 e. The van der Waals surface area contributed by atoms with Gasteiger partial charge in [-0.25, -0.2) is 8.42 Å². The number of hydrogen-bond donors (Lipinski definition) is 0. The van der Waals surface area contributed by atoms with E-state index in [2.05, 4.69) is 0 Å². The van der Waals surface area contributed by atoms with Crippen molar-refractivity contribution in [3.63, 3.8) is 0 Å². The highest BCUT2D eigenvalue weighted by Crippen LogP contribution is 2.31. The predicted molar refractivity (Wildman–Crippen MR) is 55.9 cm³/mol. The van der Waals surface area contributed by atoms with Gasteiger partial charge >= 0.3 is 0 Å². The van der Waals surface area contributed by atoms with Crippen molar-refractivity contribution in [3.8, 4) is 0 Å². The minimum Gasteiger partial charge on any atom is -0.298 e. The lowest BCUT2D eigenvalue weighted by Gasteiger charge is -2.24. The van der Waals surface area contributed by atoms with E-state index in [0.29, 0.717) is 0 Å². The van der Waals surface area contributed by atoms with E-state index in [0.717, 1.165) is 31.9 Å². The van der Waals surface area contributed by atoms with Crippen molar-refractivity contribution in [1.29, 1.82) is 0 Å². The summed E-state index contributed by atoms with van der Waals surface area (Å²) in [6.45, 7) is 3.03. The van der Waals surface area contributed by atoms with Crippen LogP contribution in [0, 0.1) is 5.92 Å². The second kappa shape index (κ2) is 3.65. The first-order chi connectivity index (χ1) is 6.27. The Kier molecular flexibility index (Phi) is 3.04. The molecule has 1 aliphatic rings. The number of carbonyl (C=O) groups is 1. The molecule has 0 N–H and O–H groups in total. The van der Waals surface area contributed by atoms with Crippen LogP contribution in [-0.4, -0.2) is 25.2 Å². The number of hydrogen-bond acceptors (Lipinski definition) is 3. The molecule has 0 unspecified atom stereocenters. The Labute approximate surface area is 85.8 Å². The molecule has 4 heteroatoms. The van der Waals surface area contributed by atoms with Crippen molar-refractivity contribution < 1.29 is 13.2 Å². The van der Waals surface area contributed by atoms with Gasteiger partial charge in [0.2, 0.25) is 0 Å². The molecule has 0 radical (unpaired) electrons. The normalized spacial score (nSPS) is 19.9. The third kappa shape index (κ3) is 2.00. The van der Waals surface area contributed by atoms with E-state index in [9.17, 15) is 13.2 Å². The smallest absolute Gasteiger partial charge is 0.159 e. The summed E-state index contributed by atoms with van der Waals surface area (Å²) in [5, 5.41) is 0. The van der Waals surface area contributed by atoms with Crippen LogP contribution in [0.5, 0.6) is 0 Å². The highest BCUT2D eigenvalue weighted by atomic mass is 32.2. The van der Waals surface area contributed by atoms with Crippen LogP contribution in [0.15, 0.2) is 0 Å². The molecule has 14 heavy (non-hydrogen) atoms. The predicted octanol–water partition coefficient (Wildman–Crippen LogP) is 1.57. The molecule has 0 aromatic rings. The summed E-state index contributed by atoms with van der Waals surface area (Å²) < 4.78 is 21.7. The fourth-order valence-electron chi connectivity index (χ4n) is 1.86. The van der Waals surface area contributed by atoms with Crippen LogP contribution in [0.3, 0.4) is 0 Å². The Morgan fingerprint density at radius 3 is 2.00 bits per heavy atom. The van der Waals surface area contributed by atoms with Crippen LogP contribution < -0.4 is 0 Å². The lowest BCUT2D eigenvalue weighted by Crippen LogP contribution is -2.43. The number of Topliss-reactive ketones (excluding diaryl/α,β-unsaturated/α-hetero) is 1. The number of rotatable bonds is 3. The highest BCUT2D eigenvalue weighted by Gasteiger charge is 2.42. The molecule has 0 aromatic heterocycles. The van der Waals surface area contributed by atoms with Crippen molar-refractivity contribution in [1.82, 2.24) is 0 Å². The van der Waals surface area contributed by atoms with E-state index in [1.807, 2.05) is 0 Å². The van der Waals surface area contributed by atoms with E-state index in [-0.39, 0.29) is 11.7 Å². The van der Waals surface area contributed by atoms with Crippen molar-refractivity contribution in [3.05, 3.63) is 0 Å². The molecule has 0 aliphatic heterocycles. The zero-order valence-corrected chi connectivity index (χ0v) is 9.86. The maximum atomic E-state index is 11.9. The van der Waals surface area contributed by atoms with E-state index < -0.39 is 14.6 Å². The minimum absolute atomic E-state index is 0.0280. The molecule has 0 aromatic carbocycles. The summed E-state index contributed by atoms with van der Waals surface area (Å²) in [4.78, 5) is 11.9. The van der Waals surface area contributed by atoms with Gasteiger partial charge in [-0.3, -0.25) is 4.79 Å². The van der Waals surface area contributed by atoms with Crippen LogP contribution in [0.1, 0.15) is 39.5 Å². The van der Waals surface area contributed by atoms with Crippen LogP contribution >= 0.6 is 0 Å². The molecule has 0 amide bonds. The summed E-state index contributed by atoms with van der Waals surface area (Å²) in [6, 6.07) is 0. The molecule has 0 saturated heterocycles. The van der Waals surface area contributed by atoms with Gasteiger partial charge in [0.15, 0.2) is 15.6 Å². The van der Waals surface area contributed by atoms with Crippen LogP contribution in [-0.2, 0) is 14.6 Å². The van der Waals surface area contributed by atoms with Gasteiger partial charge in [-0.15, -0.1) is 0 Å². The zero-order chi connectivity index (χ0) is 11.0. The molecule has 0 spiro atoms. The first-order valence-corrected chi connectivity index (χ1v) is 6.90. The van der Waals surface area contributed by atoms with Crippen molar-refractivity contribution in [2.45, 2.75) is 44.3 Å². The van der Waals surface area contributed by atoms with Crippen molar-refractivity contribution >= 4 is 15.6 Å². The van der Waals surface area contributed by atoms with E-state index in [1.165, 1.54) is 13.8 Å². The highest BCUT2D eigenvalue weighted by molar-refractivity contribution is 7.92. The van der Waals surface area contributed by atoms with Crippen molar-refractivity contribution in [2.75, 3.05) is 6.26 Å². The zero-order valence-electron chi connectivity index (χ0n) is 9.04. The Morgan fingerprint density at radius 1 is 1.21 bits per heavy atom. The Bertz CT molecular complexity index is 321. The van der Waals surface area contributed by atoms with Crippen LogP contribution in [0.2, 0.25) is 0 Å². The van der Waals surface area contributed by atoms with Gasteiger partial charge in [0.1, 0.15) is 4.75 Å². The second-order valence-corrected chi connectivity index (χ2v) is 7.19. The Balaban J connectivity index is 2.87. The lowest BCUT2D eigenvalue weighted by atomic mass is 9.93. The molecule has 1 saturated carbocycles. The standard InChI is InChI=1S/C10H18O3S/c1-10(2,14(3,12)13)9(11)8-6-4-5-7-8/h8H,4-7H2,1-3H3. The molecular weight excluding hydrogens is 200 g/mol. The molecule has 1 aliphatic carbocycles. The minimum atomic E-state index is -3.29. The Hall–Kier alpha value is -0.380. The van der Waals surface area contributed by atoms with E-state index in [4.69, 9.17) is 0 Å². The van der Waals surface area contributed by atoms with Gasteiger partial charge in [0.05, 0.1) is 0 Å². The van der Waals surface area contributed by atoms with Crippen LogP contribution in [0.25, 0.3) is 0 Å². The molecular formula is C10H18O3S. The molecule has 82 valence electrons. The quantitative estimate of drug-likeness (QED) is 0.722. The summed E-state index contributed by atoms with van der Waals surface area (Å²) >= 11 is 0. The number of sulfone groups is 1. The molecule has 0 heterocycles. The monoisotopic (exact) mass is 218 g/mol.